The van der Waals surface area contributed by atoms with Gasteiger partial charge in [-0.2, -0.15) is 0 Å². The molecule has 4 rings (SSSR count). The third-order valence-corrected chi connectivity index (χ3v) is 4.88. The molecule has 0 unspecified atom stereocenters. The Morgan fingerprint density at radius 1 is 1.21 bits per heavy atom. The number of benzene rings is 2. The Hall–Kier alpha value is -3.38. The highest BCUT2D eigenvalue weighted by molar-refractivity contribution is 5.99. The number of ether oxygens (including phenoxy) is 1. The van der Waals surface area contributed by atoms with Crippen molar-refractivity contribution in [3.63, 3.8) is 0 Å². The molecule has 1 aliphatic rings. The SMILES string of the molecule is COc1cc(C=CC(=O)n2[nH]c(=O)c3ccccc32)ccc1C1=CCNCC1. The van der Waals surface area contributed by atoms with Crippen molar-refractivity contribution in [2.45, 2.75) is 6.42 Å². The Balaban J connectivity index is 1.61. The maximum absolute atomic E-state index is 12.6. The normalized spacial score (nSPS) is 14.4. The second-order valence-electron chi connectivity index (χ2n) is 6.61. The van der Waals surface area contributed by atoms with E-state index in [2.05, 4.69) is 16.5 Å². The van der Waals surface area contributed by atoms with Gasteiger partial charge in [0.25, 0.3) is 11.5 Å². The molecule has 0 saturated heterocycles. The molecule has 2 N–H and O–H groups in total. The average molecular weight is 375 g/mol. The van der Waals surface area contributed by atoms with Crippen molar-refractivity contribution in [1.82, 2.24) is 15.1 Å². The Morgan fingerprint density at radius 3 is 2.86 bits per heavy atom. The zero-order chi connectivity index (χ0) is 19.5. The van der Waals surface area contributed by atoms with Crippen molar-refractivity contribution < 1.29 is 9.53 Å². The number of nitrogens with zero attached hydrogens (tertiary/aromatic N) is 1. The van der Waals surface area contributed by atoms with Gasteiger partial charge in [-0.15, -0.1) is 0 Å². The third kappa shape index (κ3) is 3.42. The highest BCUT2D eigenvalue weighted by atomic mass is 16.5. The molecule has 1 aromatic heterocycles. The number of carbonyl (C=O) groups is 1. The quantitative estimate of drug-likeness (QED) is 0.687. The molecule has 1 aliphatic heterocycles. The molecule has 0 saturated carbocycles. The van der Waals surface area contributed by atoms with Crippen LogP contribution in [-0.2, 0) is 0 Å². The summed E-state index contributed by atoms with van der Waals surface area (Å²) in [6, 6.07) is 12.9. The molecule has 0 amide bonds. The predicted molar refractivity (Wildman–Crippen MR) is 111 cm³/mol. The van der Waals surface area contributed by atoms with Gasteiger partial charge in [0, 0.05) is 18.2 Å². The number of nitrogens with one attached hydrogen (secondary N) is 2. The number of allylic oxidation sites excluding steroid dienone is 1. The molecule has 6 nitrogen and oxygen atoms in total. The van der Waals surface area contributed by atoms with Crippen LogP contribution < -0.4 is 15.6 Å². The lowest BCUT2D eigenvalue weighted by molar-refractivity contribution is 0.0960. The van der Waals surface area contributed by atoms with Crippen LogP contribution in [0.5, 0.6) is 5.75 Å². The van der Waals surface area contributed by atoms with E-state index in [-0.39, 0.29) is 11.5 Å². The lowest BCUT2D eigenvalue weighted by atomic mass is 9.98. The van der Waals surface area contributed by atoms with Gasteiger partial charge in [-0.25, -0.2) is 4.68 Å². The van der Waals surface area contributed by atoms with Crippen LogP contribution in [0.25, 0.3) is 22.6 Å². The number of rotatable bonds is 4. The van der Waals surface area contributed by atoms with Crippen molar-refractivity contribution in [1.29, 1.82) is 0 Å². The number of para-hydroxylation sites is 1. The smallest absolute Gasteiger partial charge is 0.272 e. The van der Waals surface area contributed by atoms with Crippen molar-refractivity contribution in [2.75, 3.05) is 20.2 Å². The van der Waals surface area contributed by atoms with Crippen LogP contribution in [0.4, 0.5) is 0 Å². The van der Waals surface area contributed by atoms with E-state index in [1.165, 1.54) is 16.3 Å². The van der Waals surface area contributed by atoms with E-state index in [1.54, 1.807) is 37.5 Å². The number of carbonyl (C=O) groups excluding carboxylic acids is 1. The Bertz CT molecular complexity index is 1150. The largest absolute Gasteiger partial charge is 0.496 e. The molecule has 0 aliphatic carbocycles. The van der Waals surface area contributed by atoms with E-state index in [9.17, 15) is 9.59 Å². The Kier molecular flexibility index (Phi) is 4.95. The van der Waals surface area contributed by atoms with Crippen LogP contribution in [0.2, 0.25) is 0 Å². The van der Waals surface area contributed by atoms with Crippen LogP contribution in [-0.4, -0.2) is 35.9 Å². The number of hydrogen-bond acceptors (Lipinski definition) is 4. The number of aromatic nitrogens is 2. The second kappa shape index (κ2) is 7.70. The topological polar surface area (TPSA) is 76.1 Å². The monoisotopic (exact) mass is 375 g/mol. The molecular weight excluding hydrogens is 354 g/mol. The summed E-state index contributed by atoms with van der Waals surface area (Å²) in [6.07, 6.45) is 6.30. The predicted octanol–water partition coefficient (Wildman–Crippen LogP) is 3.07. The van der Waals surface area contributed by atoms with Crippen molar-refractivity contribution in [2.24, 2.45) is 0 Å². The maximum atomic E-state index is 12.6. The van der Waals surface area contributed by atoms with Gasteiger partial charge in [-0.1, -0.05) is 30.3 Å². The number of fused-ring (bicyclic) bond motifs is 1. The van der Waals surface area contributed by atoms with Gasteiger partial charge in [-0.05, 0) is 48.4 Å². The lowest BCUT2D eigenvalue weighted by Crippen LogP contribution is -2.20. The first kappa shape index (κ1) is 18.0. The maximum Gasteiger partial charge on any atom is 0.272 e. The van der Waals surface area contributed by atoms with Crippen molar-refractivity contribution in [3.05, 3.63) is 76.1 Å². The summed E-state index contributed by atoms with van der Waals surface area (Å²) in [4.78, 5) is 24.5. The van der Waals surface area contributed by atoms with E-state index >= 15 is 0 Å². The zero-order valence-electron chi connectivity index (χ0n) is 15.6. The van der Waals surface area contributed by atoms with Crippen LogP contribution in [0.3, 0.4) is 0 Å². The summed E-state index contributed by atoms with van der Waals surface area (Å²) in [5.74, 6) is 0.463. The number of H-pyrrole nitrogens is 1. The summed E-state index contributed by atoms with van der Waals surface area (Å²) < 4.78 is 6.82. The standard InChI is InChI=1S/C22H21N3O3/c1-28-20-14-15(6-8-17(20)16-10-12-23-13-11-16)7-9-21(26)25-19-5-3-2-4-18(19)22(27)24-25/h2-10,14,23H,11-13H2,1H3,(H,24,27). The molecule has 2 heterocycles. The molecule has 28 heavy (non-hydrogen) atoms. The van der Waals surface area contributed by atoms with Gasteiger partial charge in [-0.3, -0.25) is 14.7 Å². The first-order chi connectivity index (χ1) is 13.7. The van der Waals surface area contributed by atoms with E-state index in [1.807, 2.05) is 18.2 Å². The van der Waals surface area contributed by atoms with Gasteiger partial charge in [0.1, 0.15) is 5.75 Å². The molecule has 3 aromatic rings. The zero-order valence-corrected chi connectivity index (χ0v) is 15.6. The fourth-order valence-corrected chi connectivity index (χ4v) is 3.44. The first-order valence-corrected chi connectivity index (χ1v) is 9.18. The van der Waals surface area contributed by atoms with Crippen LogP contribution in [0.15, 0.2) is 59.4 Å². The molecule has 0 bridgehead atoms. The van der Waals surface area contributed by atoms with Crippen LogP contribution in [0, 0.1) is 0 Å². The number of aromatic amines is 1. The fourth-order valence-electron chi connectivity index (χ4n) is 3.44. The molecule has 0 spiro atoms. The minimum Gasteiger partial charge on any atom is -0.496 e. The summed E-state index contributed by atoms with van der Waals surface area (Å²) >= 11 is 0. The van der Waals surface area contributed by atoms with Gasteiger partial charge in [0.05, 0.1) is 18.0 Å². The van der Waals surface area contributed by atoms with Crippen molar-refractivity contribution in [3.8, 4) is 5.75 Å². The van der Waals surface area contributed by atoms with Gasteiger partial charge < -0.3 is 10.1 Å². The van der Waals surface area contributed by atoms with Crippen LogP contribution >= 0.6 is 0 Å². The number of methoxy groups -OCH3 is 1. The average Bonchev–Trinajstić information content (AvgIpc) is 3.09. The summed E-state index contributed by atoms with van der Waals surface area (Å²) in [7, 11) is 1.65. The van der Waals surface area contributed by atoms with E-state index < -0.39 is 0 Å². The van der Waals surface area contributed by atoms with Gasteiger partial charge in [0.2, 0.25) is 0 Å². The lowest BCUT2D eigenvalue weighted by Gasteiger charge is -2.17. The molecule has 0 fully saturated rings. The molecule has 0 radical (unpaired) electrons. The van der Waals surface area contributed by atoms with E-state index in [4.69, 9.17) is 4.74 Å². The molecule has 142 valence electrons. The second-order valence-corrected chi connectivity index (χ2v) is 6.61. The van der Waals surface area contributed by atoms with E-state index in [0.29, 0.717) is 10.9 Å². The summed E-state index contributed by atoms with van der Waals surface area (Å²) in [5.41, 5.74) is 3.47. The highest BCUT2D eigenvalue weighted by Crippen LogP contribution is 2.30. The third-order valence-electron chi connectivity index (χ3n) is 4.88. The Morgan fingerprint density at radius 2 is 2.07 bits per heavy atom. The summed E-state index contributed by atoms with van der Waals surface area (Å²) in [5, 5.41) is 6.38. The minimum absolute atomic E-state index is 0.279. The fraction of sp³-hybridized carbons (Fsp3) is 0.182. The molecule has 0 atom stereocenters. The molecule has 2 aromatic carbocycles. The highest BCUT2D eigenvalue weighted by Gasteiger charge is 2.12. The van der Waals surface area contributed by atoms with Crippen LogP contribution in [0.1, 0.15) is 22.3 Å². The van der Waals surface area contributed by atoms with Gasteiger partial charge in [0.15, 0.2) is 0 Å². The molecule has 6 heteroatoms. The molecular formula is C22H21N3O3. The van der Waals surface area contributed by atoms with Crippen molar-refractivity contribution >= 4 is 28.5 Å². The van der Waals surface area contributed by atoms with E-state index in [0.717, 1.165) is 36.4 Å². The minimum atomic E-state index is -0.317. The van der Waals surface area contributed by atoms with Gasteiger partial charge >= 0.3 is 0 Å². The Labute approximate surface area is 162 Å². The first-order valence-electron chi connectivity index (χ1n) is 9.18. The number of hydrogen-bond donors (Lipinski definition) is 2. The summed E-state index contributed by atoms with van der Waals surface area (Å²) in [6.45, 7) is 1.81.